The largest absolute Gasteiger partial charge is 0.379 e. The van der Waals surface area contributed by atoms with E-state index in [2.05, 4.69) is 59.3 Å². The molecule has 0 unspecified atom stereocenters. The van der Waals surface area contributed by atoms with Gasteiger partial charge in [-0.1, -0.05) is 12.1 Å². The Balaban J connectivity index is 1.78. The van der Waals surface area contributed by atoms with Crippen LogP contribution in [0.15, 0.2) is 35.0 Å². The van der Waals surface area contributed by atoms with Crippen molar-refractivity contribution < 1.29 is 4.74 Å². The molecule has 0 aliphatic heterocycles. The van der Waals surface area contributed by atoms with Crippen molar-refractivity contribution in [1.82, 2.24) is 10.2 Å². The molecule has 0 spiro atoms. The lowest BCUT2D eigenvalue weighted by Gasteiger charge is -2.16. The molecule has 2 rings (SSSR count). The fourth-order valence-electron chi connectivity index (χ4n) is 1.88. The second-order valence-electron chi connectivity index (χ2n) is 4.83. The highest BCUT2D eigenvalue weighted by atomic mass is 32.1. The summed E-state index contributed by atoms with van der Waals surface area (Å²) in [5, 5.41) is 7.86. The van der Waals surface area contributed by atoms with Gasteiger partial charge in [-0.2, -0.15) is 0 Å². The smallest absolute Gasteiger partial charge is 0.0765 e. The summed E-state index contributed by atoms with van der Waals surface area (Å²) >= 11 is 3.60. The lowest BCUT2D eigenvalue weighted by atomic mass is 10.2. The van der Waals surface area contributed by atoms with Gasteiger partial charge in [-0.3, -0.25) is 0 Å². The molecule has 2 heterocycles. The van der Waals surface area contributed by atoms with Crippen molar-refractivity contribution >= 4 is 22.7 Å². The van der Waals surface area contributed by atoms with Gasteiger partial charge in [-0.15, -0.1) is 22.7 Å². The summed E-state index contributed by atoms with van der Waals surface area (Å²) < 4.78 is 5.63. The van der Waals surface area contributed by atoms with Crippen LogP contribution in [-0.4, -0.2) is 45.3 Å². The molecule has 2 aromatic rings. The number of hydrogen-bond acceptors (Lipinski definition) is 5. The molecule has 0 aliphatic carbocycles. The van der Waals surface area contributed by atoms with E-state index in [1.807, 2.05) is 0 Å². The summed E-state index contributed by atoms with van der Waals surface area (Å²) in [6.45, 7) is 3.38. The Bertz CT molecular complexity index is 420. The van der Waals surface area contributed by atoms with Gasteiger partial charge < -0.3 is 15.0 Å². The fraction of sp³-hybridized carbons (Fsp3) is 0.467. The average Bonchev–Trinajstić information content (AvgIpc) is 3.10. The first-order valence-electron chi connectivity index (χ1n) is 6.80. The Kier molecular flexibility index (Phi) is 6.69. The van der Waals surface area contributed by atoms with Gasteiger partial charge in [0, 0.05) is 22.8 Å². The molecule has 110 valence electrons. The van der Waals surface area contributed by atoms with Gasteiger partial charge in [0.1, 0.15) is 0 Å². The highest BCUT2D eigenvalue weighted by Gasteiger charge is 2.15. The molecule has 0 radical (unpaired) electrons. The minimum atomic E-state index is 0.299. The Labute approximate surface area is 129 Å². The van der Waals surface area contributed by atoms with Crippen LogP contribution < -0.4 is 5.32 Å². The zero-order valence-corrected chi connectivity index (χ0v) is 13.7. The van der Waals surface area contributed by atoms with Crippen molar-refractivity contribution in [3.05, 3.63) is 44.8 Å². The molecular weight excluding hydrogens is 288 g/mol. The molecule has 0 aliphatic rings. The molecule has 0 saturated heterocycles. The zero-order valence-electron chi connectivity index (χ0n) is 12.0. The van der Waals surface area contributed by atoms with Crippen LogP contribution in [0.25, 0.3) is 0 Å². The molecule has 0 fully saturated rings. The van der Waals surface area contributed by atoms with Crippen LogP contribution in [0.5, 0.6) is 0 Å². The van der Waals surface area contributed by atoms with Crippen molar-refractivity contribution in [2.45, 2.75) is 6.04 Å². The first kappa shape index (κ1) is 15.7. The molecule has 5 heteroatoms. The average molecular weight is 310 g/mol. The summed E-state index contributed by atoms with van der Waals surface area (Å²) in [7, 11) is 4.12. The van der Waals surface area contributed by atoms with Crippen molar-refractivity contribution in [2.24, 2.45) is 0 Å². The molecule has 20 heavy (non-hydrogen) atoms. The van der Waals surface area contributed by atoms with E-state index in [1.54, 1.807) is 22.7 Å². The lowest BCUT2D eigenvalue weighted by molar-refractivity contribution is 0.118. The summed E-state index contributed by atoms with van der Waals surface area (Å²) in [5.41, 5.74) is 0. The van der Waals surface area contributed by atoms with Crippen LogP contribution in [-0.2, 0) is 4.74 Å². The van der Waals surface area contributed by atoms with Crippen molar-refractivity contribution in [2.75, 3.05) is 40.4 Å². The molecule has 0 atom stereocenters. The predicted octanol–water partition coefficient (Wildman–Crippen LogP) is 3.07. The number of hydrogen-bond donors (Lipinski definition) is 1. The molecule has 0 amide bonds. The molecule has 0 bridgehead atoms. The number of thiophene rings is 2. The van der Waals surface area contributed by atoms with Crippen LogP contribution in [0.4, 0.5) is 0 Å². The van der Waals surface area contributed by atoms with Gasteiger partial charge in [0.2, 0.25) is 0 Å². The van der Waals surface area contributed by atoms with Crippen LogP contribution in [0, 0.1) is 0 Å². The van der Waals surface area contributed by atoms with Gasteiger partial charge in [0.15, 0.2) is 0 Å². The minimum Gasteiger partial charge on any atom is -0.379 e. The topological polar surface area (TPSA) is 24.5 Å². The molecule has 1 N–H and O–H groups in total. The van der Waals surface area contributed by atoms with Crippen LogP contribution in [0.1, 0.15) is 15.8 Å². The lowest BCUT2D eigenvalue weighted by Crippen LogP contribution is -2.26. The van der Waals surface area contributed by atoms with Crippen molar-refractivity contribution in [3.63, 3.8) is 0 Å². The van der Waals surface area contributed by atoms with Gasteiger partial charge >= 0.3 is 0 Å². The van der Waals surface area contributed by atoms with Crippen molar-refractivity contribution in [3.8, 4) is 0 Å². The van der Waals surface area contributed by atoms with Crippen molar-refractivity contribution in [1.29, 1.82) is 0 Å². The Morgan fingerprint density at radius 3 is 2.25 bits per heavy atom. The zero-order chi connectivity index (χ0) is 14.2. The highest BCUT2D eigenvalue weighted by Crippen LogP contribution is 2.28. The standard InChI is InChI=1S/C15H22N2OS2/c1-17(2)8-10-18-9-7-16-15(13-5-3-11-19-13)14-6-4-12-20-14/h3-6,11-12,15-16H,7-10H2,1-2H3. The second kappa shape index (κ2) is 8.54. The Hall–Kier alpha value is -0.720. The first-order valence-corrected chi connectivity index (χ1v) is 8.56. The third kappa shape index (κ3) is 5.00. The first-order chi connectivity index (χ1) is 9.77. The van der Waals surface area contributed by atoms with Gasteiger partial charge in [0.25, 0.3) is 0 Å². The van der Waals surface area contributed by atoms with E-state index in [9.17, 15) is 0 Å². The Morgan fingerprint density at radius 2 is 1.75 bits per heavy atom. The molecular formula is C15H22N2OS2. The third-order valence-corrected chi connectivity index (χ3v) is 4.81. The van der Waals surface area contributed by atoms with Crippen LogP contribution >= 0.6 is 22.7 Å². The van der Waals surface area contributed by atoms with Gasteiger partial charge in [0.05, 0.1) is 19.3 Å². The van der Waals surface area contributed by atoms with Gasteiger partial charge in [-0.25, -0.2) is 0 Å². The second-order valence-corrected chi connectivity index (χ2v) is 6.79. The number of likely N-dealkylation sites (N-methyl/N-ethyl adjacent to an activating group) is 1. The molecule has 0 saturated carbocycles. The Morgan fingerprint density at radius 1 is 1.10 bits per heavy atom. The molecule has 2 aromatic heterocycles. The molecule has 3 nitrogen and oxygen atoms in total. The van der Waals surface area contributed by atoms with E-state index in [0.29, 0.717) is 6.04 Å². The summed E-state index contributed by atoms with van der Waals surface area (Å²) in [5.74, 6) is 0. The van der Waals surface area contributed by atoms with E-state index in [4.69, 9.17) is 4.74 Å². The minimum absolute atomic E-state index is 0.299. The van der Waals surface area contributed by atoms with Crippen LogP contribution in [0.3, 0.4) is 0 Å². The SMILES string of the molecule is CN(C)CCOCCNC(c1cccs1)c1cccs1. The molecule has 0 aromatic carbocycles. The number of nitrogens with zero attached hydrogens (tertiary/aromatic N) is 1. The number of rotatable bonds is 9. The number of ether oxygens (including phenoxy) is 1. The van der Waals surface area contributed by atoms with Gasteiger partial charge in [-0.05, 0) is 37.0 Å². The predicted molar refractivity (Wildman–Crippen MR) is 87.9 cm³/mol. The van der Waals surface area contributed by atoms with E-state index >= 15 is 0 Å². The normalized spacial score (nSPS) is 11.6. The third-order valence-electron chi connectivity index (χ3n) is 2.93. The van der Waals surface area contributed by atoms with E-state index < -0.39 is 0 Å². The highest BCUT2D eigenvalue weighted by molar-refractivity contribution is 7.11. The summed E-state index contributed by atoms with van der Waals surface area (Å²) in [6.07, 6.45) is 0. The number of nitrogens with one attached hydrogen (secondary N) is 1. The maximum atomic E-state index is 5.63. The van der Waals surface area contributed by atoms with E-state index in [0.717, 1.165) is 26.3 Å². The summed E-state index contributed by atoms with van der Waals surface area (Å²) in [6, 6.07) is 8.89. The van der Waals surface area contributed by atoms with E-state index in [-0.39, 0.29) is 0 Å². The maximum Gasteiger partial charge on any atom is 0.0765 e. The summed E-state index contributed by atoms with van der Waals surface area (Å²) in [4.78, 5) is 4.86. The fourth-order valence-corrected chi connectivity index (χ4v) is 3.59. The quantitative estimate of drug-likeness (QED) is 0.720. The monoisotopic (exact) mass is 310 g/mol. The van der Waals surface area contributed by atoms with E-state index in [1.165, 1.54) is 9.75 Å². The maximum absolute atomic E-state index is 5.63. The van der Waals surface area contributed by atoms with Crippen LogP contribution in [0.2, 0.25) is 0 Å².